The summed E-state index contributed by atoms with van der Waals surface area (Å²) in [5, 5.41) is 1.04. The fraction of sp³-hybridized carbons (Fsp3) is 0.0769. The Morgan fingerprint density at radius 3 is 2.72 bits per heavy atom. The topological polar surface area (TPSA) is 34.5 Å². The fourth-order valence-corrected chi connectivity index (χ4v) is 1.85. The molecule has 1 aromatic carbocycles. The van der Waals surface area contributed by atoms with E-state index in [2.05, 4.69) is 9.98 Å². The molecule has 2 rings (SSSR count). The van der Waals surface area contributed by atoms with Crippen LogP contribution in [-0.2, 0) is 4.74 Å². The molecule has 1 heterocycles. The number of ether oxygens (including phenoxy) is 1. The van der Waals surface area contributed by atoms with Gasteiger partial charge in [-0.05, 0) is 30.3 Å². The predicted molar refractivity (Wildman–Crippen MR) is 73.9 cm³/mol. The van der Waals surface area contributed by atoms with Gasteiger partial charge in [0.15, 0.2) is 0 Å². The van der Waals surface area contributed by atoms with Gasteiger partial charge in [-0.15, -0.1) is 0 Å². The first kappa shape index (κ1) is 12.9. The molecule has 1 aromatic heterocycles. The highest BCUT2D eigenvalue weighted by molar-refractivity contribution is 6.36. The van der Waals surface area contributed by atoms with E-state index in [0.29, 0.717) is 21.6 Å². The number of methoxy groups -OCH3 is 1. The van der Waals surface area contributed by atoms with Crippen molar-refractivity contribution in [1.29, 1.82) is 0 Å². The van der Waals surface area contributed by atoms with Gasteiger partial charge in [0, 0.05) is 17.4 Å². The molecule has 0 radical (unpaired) electrons. The quantitative estimate of drug-likeness (QED) is 0.613. The Labute approximate surface area is 115 Å². The van der Waals surface area contributed by atoms with Crippen LogP contribution < -0.4 is 0 Å². The molecule has 18 heavy (non-hydrogen) atoms. The Balaban J connectivity index is 2.41. The summed E-state index contributed by atoms with van der Waals surface area (Å²) < 4.78 is 5.24. The van der Waals surface area contributed by atoms with Crippen LogP contribution in [0.1, 0.15) is 5.56 Å². The summed E-state index contributed by atoms with van der Waals surface area (Å²) in [6.45, 7) is 0. The highest BCUT2D eigenvalue weighted by atomic mass is 35.5. The zero-order valence-corrected chi connectivity index (χ0v) is 11.1. The van der Waals surface area contributed by atoms with Crippen molar-refractivity contribution in [2.24, 2.45) is 4.99 Å². The molecule has 0 bridgehead atoms. The molecule has 0 amide bonds. The normalized spacial score (nSPS) is 11.4. The molecule has 0 saturated carbocycles. The molecule has 5 heteroatoms. The van der Waals surface area contributed by atoms with Gasteiger partial charge in [0.05, 0.1) is 23.4 Å². The number of benzene rings is 1. The van der Waals surface area contributed by atoms with Gasteiger partial charge in [-0.25, -0.2) is 4.99 Å². The van der Waals surface area contributed by atoms with Crippen LogP contribution in [-0.4, -0.2) is 18.0 Å². The van der Waals surface area contributed by atoms with Crippen LogP contribution in [0.4, 0.5) is 5.69 Å². The van der Waals surface area contributed by atoms with Crippen LogP contribution in [0, 0.1) is 0 Å². The van der Waals surface area contributed by atoms with E-state index < -0.39 is 0 Å². The van der Waals surface area contributed by atoms with E-state index in [1.807, 2.05) is 12.1 Å². The Morgan fingerprint density at radius 1 is 1.28 bits per heavy atom. The van der Waals surface area contributed by atoms with Gasteiger partial charge in [0.1, 0.15) is 0 Å². The van der Waals surface area contributed by atoms with Gasteiger partial charge in [-0.3, -0.25) is 4.98 Å². The highest BCUT2D eigenvalue weighted by Gasteiger charge is 2.06. The Morgan fingerprint density at radius 2 is 2.11 bits per heavy atom. The average Bonchev–Trinajstić information content (AvgIpc) is 2.39. The van der Waals surface area contributed by atoms with Crippen LogP contribution in [0.3, 0.4) is 0 Å². The first-order valence-corrected chi connectivity index (χ1v) is 5.94. The van der Waals surface area contributed by atoms with Crippen molar-refractivity contribution in [3.63, 3.8) is 0 Å². The Bertz CT molecular complexity index is 570. The second kappa shape index (κ2) is 5.85. The molecule has 3 nitrogen and oxygen atoms in total. The molecule has 0 aliphatic heterocycles. The number of halogens is 2. The predicted octanol–water partition coefficient (Wildman–Crippen LogP) is 4.11. The number of aliphatic imine (C=N–C) groups is 1. The molecular weight excluding hydrogens is 271 g/mol. The summed E-state index contributed by atoms with van der Waals surface area (Å²) in [4.78, 5) is 8.37. The molecule has 92 valence electrons. The largest absolute Gasteiger partial charge is 0.481 e. The zero-order chi connectivity index (χ0) is 13.0. The van der Waals surface area contributed by atoms with Gasteiger partial charge in [-0.1, -0.05) is 23.2 Å². The fourth-order valence-electron chi connectivity index (χ4n) is 1.40. The summed E-state index contributed by atoms with van der Waals surface area (Å²) in [6, 6.07) is 8.77. The minimum atomic E-state index is 0.451. The van der Waals surface area contributed by atoms with Crippen molar-refractivity contribution in [1.82, 2.24) is 4.98 Å². The maximum atomic E-state index is 6.06. The summed E-state index contributed by atoms with van der Waals surface area (Å²) in [7, 11) is 1.55. The summed E-state index contributed by atoms with van der Waals surface area (Å²) in [5.74, 6) is 0.451. The molecule has 0 atom stereocenters. The van der Waals surface area contributed by atoms with Gasteiger partial charge in [0.2, 0.25) is 5.90 Å². The van der Waals surface area contributed by atoms with E-state index in [4.69, 9.17) is 27.9 Å². The Hall–Kier alpha value is -1.58. The number of hydrogen-bond donors (Lipinski definition) is 0. The lowest BCUT2D eigenvalue weighted by molar-refractivity contribution is 0.405. The van der Waals surface area contributed by atoms with Crippen LogP contribution in [0.5, 0.6) is 0 Å². The Kier molecular flexibility index (Phi) is 4.18. The number of hydrogen-bond acceptors (Lipinski definition) is 3. The van der Waals surface area contributed by atoms with E-state index >= 15 is 0 Å². The minimum absolute atomic E-state index is 0.451. The van der Waals surface area contributed by atoms with E-state index in [1.165, 1.54) is 0 Å². The third-order valence-corrected chi connectivity index (χ3v) is 2.77. The molecule has 0 fully saturated rings. The lowest BCUT2D eigenvalue weighted by atomic mass is 10.2. The standard InChI is InChI=1S/C13H10Cl2N2O/c1-18-13(9-3-2-6-16-8-9)17-12-5-4-10(14)7-11(12)15/h2-8H,1H3. The molecule has 0 aliphatic rings. The van der Waals surface area contributed by atoms with Crippen LogP contribution in [0.15, 0.2) is 47.7 Å². The first-order valence-electron chi connectivity index (χ1n) is 5.19. The molecule has 0 aliphatic carbocycles. The van der Waals surface area contributed by atoms with Crippen molar-refractivity contribution in [3.05, 3.63) is 58.3 Å². The number of aromatic nitrogens is 1. The lowest BCUT2D eigenvalue weighted by Crippen LogP contribution is -2.03. The summed E-state index contributed by atoms with van der Waals surface area (Å²) >= 11 is 11.9. The van der Waals surface area contributed by atoms with E-state index in [1.54, 1.807) is 37.7 Å². The number of nitrogens with zero attached hydrogens (tertiary/aromatic N) is 2. The molecular formula is C13H10Cl2N2O. The number of pyridine rings is 1. The SMILES string of the molecule is COC(=Nc1ccc(Cl)cc1Cl)c1cccnc1. The second-order valence-corrected chi connectivity index (χ2v) is 4.30. The highest BCUT2D eigenvalue weighted by Crippen LogP contribution is 2.28. The zero-order valence-electron chi connectivity index (χ0n) is 9.60. The molecule has 0 unspecified atom stereocenters. The average molecular weight is 281 g/mol. The van der Waals surface area contributed by atoms with E-state index in [9.17, 15) is 0 Å². The third kappa shape index (κ3) is 3.00. The maximum Gasteiger partial charge on any atom is 0.222 e. The first-order chi connectivity index (χ1) is 8.70. The van der Waals surface area contributed by atoms with Gasteiger partial charge in [-0.2, -0.15) is 0 Å². The number of rotatable bonds is 2. The van der Waals surface area contributed by atoms with Gasteiger partial charge >= 0.3 is 0 Å². The summed E-state index contributed by atoms with van der Waals surface area (Å²) in [5.41, 5.74) is 1.38. The van der Waals surface area contributed by atoms with Crippen LogP contribution in [0.25, 0.3) is 0 Å². The second-order valence-electron chi connectivity index (χ2n) is 3.46. The minimum Gasteiger partial charge on any atom is -0.481 e. The smallest absolute Gasteiger partial charge is 0.222 e. The lowest BCUT2D eigenvalue weighted by Gasteiger charge is -2.05. The van der Waals surface area contributed by atoms with Crippen molar-refractivity contribution < 1.29 is 4.74 Å². The van der Waals surface area contributed by atoms with Gasteiger partial charge < -0.3 is 4.74 Å². The van der Waals surface area contributed by atoms with Gasteiger partial charge in [0.25, 0.3) is 0 Å². The van der Waals surface area contributed by atoms with Crippen LogP contribution in [0.2, 0.25) is 10.0 Å². The molecule has 2 aromatic rings. The van der Waals surface area contributed by atoms with Crippen molar-refractivity contribution in [3.8, 4) is 0 Å². The third-order valence-electron chi connectivity index (χ3n) is 2.23. The van der Waals surface area contributed by atoms with Crippen molar-refractivity contribution in [2.75, 3.05) is 7.11 Å². The molecule has 0 spiro atoms. The molecule has 0 saturated heterocycles. The maximum absolute atomic E-state index is 6.06. The van der Waals surface area contributed by atoms with Crippen LogP contribution >= 0.6 is 23.2 Å². The van der Waals surface area contributed by atoms with E-state index in [0.717, 1.165) is 5.56 Å². The van der Waals surface area contributed by atoms with Crippen molar-refractivity contribution >= 4 is 34.8 Å². The van der Waals surface area contributed by atoms with E-state index in [-0.39, 0.29) is 0 Å². The monoisotopic (exact) mass is 280 g/mol. The summed E-state index contributed by atoms with van der Waals surface area (Å²) in [6.07, 6.45) is 3.36. The van der Waals surface area contributed by atoms with Crippen molar-refractivity contribution in [2.45, 2.75) is 0 Å². The molecule has 0 N–H and O–H groups in total.